The molecule has 0 aromatic rings. The van der Waals surface area contributed by atoms with Gasteiger partial charge in [-0.05, 0) is 19.3 Å². The van der Waals surface area contributed by atoms with Crippen LogP contribution in [0.3, 0.4) is 0 Å². The number of aliphatic hydroxyl groups excluding tert-OH is 2. The van der Waals surface area contributed by atoms with Gasteiger partial charge in [-0.15, -0.1) is 0 Å². The minimum Gasteiger partial charge on any atom is -0.375 e. The molecule has 4 N–H and O–H groups in total. The van der Waals surface area contributed by atoms with E-state index >= 15 is 0 Å². The average Bonchev–Trinajstić information content (AvgIpc) is 2.00. The van der Waals surface area contributed by atoms with Gasteiger partial charge in [-0.2, -0.15) is 16.8 Å². The van der Waals surface area contributed by atoms with Gasteiger partial charge in [-0.1, -0.05) is 0 Å². The molecule has 8 nitrogen and oxygen atoms in total. The molecule has 2 unspecified atom stereocenters. The first-order valence-electron chi connectivity index (χ1n) is 3.84. The van der Waals surface area contributed by atoms with Gasteiger partial charge < -0.3 is 10.2 Å². The van der Waals surface area contributed by atoms with Crippen LogP contribution in [0.1, 0.15) is 19.3 Å². The van der Waals surface area contributed by atoms with E-state index in [0.29, 0.717) is 0 Å². The van der Waals surface area contributed by atoms with Crippen molar-refractivity contribution in [2.24, 2.45) is 0 Å². The van der Waals surface area contributed by atoms with E-state index in [1.54, 1.807) is 0 Å². The second-order valence-corrected chi connectivity index (χ2v) is 6.02. The molecule has 0 aliphatic heterocycles. The van der Waals surface area contributed by atoms with Crippen molar-refractivity contribution in [2.75, 3.05) is 0 Å². The van der Waals surface area contributed by atoms with Gasteiger partial charge in [0, 0.05) is 59.1 Å². The Morgan fingerprint density at radius 3 is 1.18 bits per heavy atom. The van der Waals surface area contributed by atoms with Gasteiger partial charge in [0.15, 0.2) is 10.9 Å². The molecular formula is C5H12Na2O8S2. The molecule has 0 bridgehead atoms. The smallest absolute Gasteiger partial charge is 0.291 e. The maximum absolute atomic E-state index is 10.3. The van der Waals surface area contributed by atoms with Crippen molar-refractivity contribution in [3.63, 3.8) is 0 Å². The van der Waals surface area contributed by atoms with Crippen LogP contribution in [0.4, 0.5) is 0 Å². The van der Waals surface area contributed by atoms with Crippen LogP contribution in [0.2, 0.25) is 0 Å². The Hall–Kier alpha value is 1.74. The minimum atomic E-state index is -4.57. The van der Waals surface area contributed by atoms with Crippen molar-refractivity contribution in [1.82, 2.24) is 0 Å². The molecule has 0 rings (SSSR count). The normalized spacial score (nSPS) is 15.3. The van der Waals surface area contributed by atoms with Crippen LogP contribution in [-0.2, 0) is 20.2 Å². The van der Waals surface area contributed by atoms with Crippen molar-refractivity contribution < 1.29 is 36.2 Å². The largest absolute Gasteiger partial charge is 0.375 e. The molecule has 0 amide bonds. The molecule has 0 aliphatic rings. The summed E-state index contributed by atoms with van der Waals surface area (Å²) in [6.45, 7) is 0. The molecule has 0 heterocycles. The molecule has 0 spiro atoms. The zero-order valence-electron chi connectivity index (χ0n) is 9.51. The summed E-state index contributed by atoms with van der Waals surface area (Å²) in [4.78, 5) is 0. The fourth-order valence-corrected chi connectivity index (χ4v) is 1.69. The van der Waals surface area contributed by atoms with E-state index in [9.17, 15) is 16.8 Å². The third kappa shape index (κ3) is 11.3. The van der Waals surface area contributed by atoms with Crippen LogP contribution >= 0.6 is 0 Å². The summed E-state index contributed by atoms with van der Waals surface area (Å²) < 4.78 is 57.7. The van der Waals surface area contributed by atoms with Crippen molar-refractivity contribution >= 4 is 79.4 Å². The van der Waals surface area contributed by atoms with Crippen molar-refractivity contribution in [3.8, 4) is 0 Å². The first-order valence-corrected chi connectivity index (χ1v) is 6.84. The predicted molar refractivity (Wildman–Crippen MR) is 60.5 cm³/mol. The Balaban J connectivity index is -0.000000980. The van der Waals surface area contributed by atoms with E-state index in [0.717, 1.165) is 0 Å². The minimum absolute atomic E-state index is 0. The molecule has 94 valence electrons. The van der Waals surface area contributed by atoms with Crippen LogP contribution in [0.25, 0.3) is 0 Å². The Morgan fingerprint density at radius 1 is 0.765 bits per heavy atom. The average molecular weight is 310 g/mol. The molecule has 0 saturated heterocycles. The predicted octanol–water partition coefficient (Wildman–Crippen LogP) is -2.19. The summed E-state index contributed by atoms with van der Waals surface area (Å²) in [5.74, 6) is 0. The molecule has 12 heteroatoms. The second kappa shape index (κ2) is 9.61. The van der Waals surface area contributed by atoms with Gasteiger partial charge in [0.2, 0.25) is 0 Å². The van der Waals surface area contributed by atoms with Gasteiger partial charge in [0.25, 0.3) is 20.2 Å². The molecule has 0 fully saturated rings. The van der Waals surface area contributed by atoms with E-state index in [2.05, 4.69) is 0 Å². The van der Waals surface area contributed by atoms with Gasteiger partial charge in [0.05, 0.1) is 0 Å². The summed E-state index contributed by atoms with van der Waals surface area (Å²) in [6, 6.07) is 0. The maximum Gasteiger partial charge on any atom is 0.291 e. The van der Waals surface area contributed by atoms with Crippen LogP contribution in [0.15, 0.2) is 0 Å². The van der Waals surface area contributed by atoms with Crippen LogP contribution in [-0.4, -0.2) is 106 Å². The molecule has 0 aliphatic carbocycles. The Morgan fingerprint density at radius 2 is 1.00 bits per heavy atom. The summed E-state index contributed by atoms with van der Waals surface area (Å²) in [5.41, 5.74) is -4.04. The molecule has 0 saturated carbocycles. The standard InChI is InChI=1S/C5H12O8S2.2Na/c6-4(14(8,9)10)2-1-3-5(7)15(11,12)13;;/h4-7H,1-3H2,(H,8,9,10)(H,11,12,13);;. The Labute approximate surface area is 144 Å². The Bertz CT molecular complexity index is 352. The van der Waals surface area contributed by atoms with Gasteiger partial charge >= 0.3 is 0 Å². The van der Waals surface area contributed by atoms with Crippen LogP contribution in [0.5, 0.6) is 0 Å². The zero-order chi connectivity index (χ0) is 12.3. The van der Waals surface area contributed by atoms with E-state index in [-0.39, 0.29) is 65.5 Å². The monoisotopic (exact) mass is 310 g/mol. The Kier molecular flexibility index (Phi) is 13.5. The molecule has 2 atom stereocenters. The summed E-state index contributed by atoms with van der Waals surface area (Å²) >= 11 is 0. The first-order chi connectivity index (χ1) is 6.55. The summed E-state index contributed by atoms with van der Waals surface area (Å²) in [6.07, 6.45) is -1.07. The fourth-order valence-electron chi connectivity index (χ4n) is 0.765. The van der Waals surface area contributed by atoms with Crippen LogP contribution in [0, 0.1) is 0 Å². The third-order valence-electron chi connectivity index (χ3n) is 1.59. The molecule has 17 heavy (non-hydrogen) atoms. The van der Waals surface area contributed by atoms with Gasteiger partial charge in [-0.3, -0.25) is 9.11 Å². The van der Waals surface area contributed by atoms with E-state index in [4.69, 9.17) is 19.3 Å². The van der Waals surface area contributed by atoms with Crippen LogP contribution < -0.4 is 0 Å². The first kappa shape index (κ1) is 23.8. The molecule has 0 aromatic heterocycles. The van der Waals surface area contributed by atoms with Gasteiger partial charge in [-0.25, -0.2) is 0 Å². The SMILES string of the molecule is O=S(=O)(O)C(O)CCCC(O)S(=O)(=O)O.[Na].[Na]. The quantitative estimate of drug-likeness (QED) is 0.319. The molecule has 0 aromatic carbocycles. The van der Waals surface area contributed by atoms with Crippen molar-refractivity contribution in [3.05, 3.63) is 0 Å². The maximum atomic E-state index is 10.3. The topological polar surface area (TPSA) is 149 Å². The third-order valence-corrected chi connectivity index (χ3v) is 3.44. The molecule has 2 radical (unpaired) electrons. The van der Waals surface area contributed by atoms with Gasteiger partial charge in [0.1, 0.15) is 0 Å². The number of hydrogen-bond donors (Lipinski definition) is 4. The number of rotatable bonds is 6. The van der Waals surface area contributed by atoms with E-state index < -0.39 is 43.9 Å². The molecular weight excluding hydrogens is 298 g/mol. The number of hydrogen-bond acceptors (Lipinski definition) is 6. The van der Waals surface area contributed by atoms with E-state index in [1.807, 2.05) is 0 Å². The fraction of sp³-hybridized carbons (Fsp3) is 1.00. The second-order valence-electron chi connectivity index (χ2n) is 2.87. The summed E-state index contributed by atoms with van der Waals surface area (Å²) in [5, 5.41) is 17.5. The number of aliphatic hydroxyl groups is 2. The van der Waals surface area contributed by atoms with Crippen molar-refractivity contribution in [1.29, 1.82) is 0 Å². The zero-order valence-corrected chi connectivity index (χ0v) is 15.1. The summed E-state index contributed by atoms with van der Waals surface area (Å²) in [7, 11) is -9.15. The van der Waals surface area contributed by atoms with Crippen molar-refractivity contribution in [2.45, 2.75) is 30.1 Å². The van der Waals surface area contributed by atoms with E-state index in [1.165, 1.54) is 0 Å².